The summed E-state index contributed by atoms with van der Waals surface area (Å²) in [4.78, 5) is 33.0. The highest BCUT2D eigenvalue weighted by molar-refractivity contribution is 5.94. The van der Waals surface area contributed by atoms with Gasteiger partial charge in [-0.3, -0.25) is 19.4 Å². The van der Waals surface area contributed by atoms with Gasteiger partial charge in [-0.1, -0.05) is 0 Å². The number of aromatic amines is 1. The van der Waals surface area contributed by atoms with Crippen molar-refractivity contribution in [2.24, 2.45) is 0 Å². The molecule has 0 amide bonds. The third-order valence-corrected chi connectivity index (χ3v) is 2.01. The minimum absolute atomic E-state index is 0.0166. The van der Waals surface area contributed by atoms with Crippen LogP contribution in [0.4, 0.5) is 0 Å². The summed E-state index contributed by atoms with van der Waals surface area (Å²) in [5, 5.41) is 2.68. The minimum Gasteiger partial charge on any atom is -0.303 e. The maximum atomic E-state index is 11.5. The van der Waals surface area contributed by atoms with E-state index in [0.29, 0.717) is 12.8 Å². The Morgan fingerprint density at radius 3 is 2.64 bits per heavy atom. The summed E-state index contributed by atoms with van der Waals surface area (Å²) in [7, 11) is 0. The van der Waals surface area contributed by atoms with Crippen LogP contribution in [0.3, 0.4) is 0 Å². The number of aldehydes is 1. The van der Waals surface area contributed by atoms with Gasteiger partial charge in [0.15, 0.2) is 5.78 Å². The molecule has 0 radical (unpaired) electrons. The maximum absolute atomic E-state index is 11.5. The van der Waals surface area contributed by atoms with Gasteiger partial charge in [-0.25, -0.2) is 0 Å². The molecule has 1 aromatic heterocycles. The highest BCUT2D eigenvalue weighted by Crippen LogP contribution is 2.02. The molecule has 0 aliphatic carbocycles. The maximum Gasteiger partial charge on any atom is 0.270 e. The Labute approximate surface area is 80.7 Å². The van der Waals surface area contributed by atoms with E-state index < -0.39 is 0 Å². The Balaban J connectivity index is 3.34. The van der Waals surface area contributed by atoms with Crippen LogP contribution in [-0.2, 0) is 17.8 Å². The summed E-state index contributed by atoms with van der Waals surface area (Å²) in [6.45, 7) is 3.60. The van der Waals surface area contributed by atoms with Gasteiger partial charge in [0, 0.05) is 19.9 Å². The zero-order valence-corrected chi connectivity index (χ0v) is 8.16. The number of nitrogens with one attached hydrogen (secondary N) is 1. The summed E-state index contributed by atoms with van der Waals surface area (Å²) in [6, 6.07) is 0. The van der Waals surface area contributed by atoms with E-state index in [1.165, 1.54) is 11.6 Å². The molecule has 1 aromatic rings. The van der Waals surface area contributed by atoms with E-state index >= 15 is 0 Å². The lowest BCUT2D eigenvalue weighted by Crippen LogP contribution is -2.18. The molecule has 0 aliphatic rings. The van der Waals surface area contributed by atoms with Crippen LogP contribution in [0.5, 0.6) is 0 Å². The lowest BCUT2D eigenvalue weighted by atomic mass is 10.1. The van der Waals surface area contributed by atoms with Gasteiger partial charge in [-0.2, -0.15) is 0 Å². The first-order chi connectivity index (χ1) is 6.61. The lowest BCUT2D eigenvalue weighted by Gasteiger charge is -1.92. The molecule has 0 unspecified atom stereocenters. The van der Waals surface area contributed by atoms with Gasteiger partial charge in [0.2, 0.25) is 0 Å². The Morgan fingerprint density at radius 1 is 1.57 bits per heavy atom. The largest absolute Gasteiger partial charge is 0.303 e. The van der Waals surface area contributed by atoms with E-state index in [9.17, 15) is 14.4 Å². The monoisotopic (exact) mass is 196 g/mol. The Kier molecular flexibility index (Phi) is 3.01. The number of aryl methyl sites for hydroxylation is 1. The Bertz CT molecular complexity index is 414. The van der Waals surface area contributed by atoms with E-state index in [0.717, 1.165) is 0 Å². The average molecular weight is 196 g/mol. The lowest BCUT2D eigenvalue weighted by molar-refractivity contribution is -0.107. The van der Waals surface area contributed by atoms with Crippen molar-refractivity contribution in [2.75, 3.05) is 0 Å². The number of aromatic nitrogens is 2. The number of rotatable bonds is 4. The molecule has 5 nitrogen and oxygen atoms in total. The predicted octanol–water partition coefficient (Wildman–Crippen LogP) is 0.140. The molecule has 0 fully saturated rings. The Hall–Kier alpha value is -1.65. The summed E-state index contributed by atoms with van der Waals surface area (Å²) in [5.41, 5.74) is 0.211. The summed E-state index contributed by atoms with van der Waals surface area (Å²) in [5.74, 6) is -0.230. The number of ketones is 1. The quantitative estimate of drug-likeness (QED) is 0.550. The molecule has 76 valence electrons. The fraction of sp³-hybridized carbons (Fsp3) is 0.444. The molecule has 1 heterocycles. The minimum atomic E-state index is -0.287. The molecule has 0 saturated carbocycles. The zero-order valence-electron chi connectivity index (χ0n) is 8.16. The standard InChI is InChI=1S/C9H12N2O3/c1-3-11-9(14)7(4-5-12)8(10-11)6(2)13/h5,10H,3-4H2,1-2H3. The third-order valence-electron chi connectivity index (χ3n) is 2.01. The molecule has 0 atom stereocenters. The molecular weight excluding hydrogens is 184 g/mol. The van der Waals surface area contributed by atoms with Crippen molar-refractivity contribution in [3.63, 3.8) is 0 Å². The van der Waals surface area contributed by atoms with E-state index in [4.69, 9.17) is 0 Å². The summed E-state index contributed by atoms with van der Waals surface area (Å²) < 4.78 is 1.32. The van der Waals surface area contributed by atoms with E-state index in [2.05, 4.69) is 5.10 Å². The number of carbonyl (C=O) groups excluding carboxylic acids is 2. The number of carbonyl (C=O) groups is 2. The molecule has 0 aromatic carbocycles. The second kappa shape index (κ2) is 4.04. The molecule has 14 heavy (non-hydrogen) atoms. The van der Waals surface area contributed by atoms with Crippen LogP contribution in [-0.4, -0.2) is 21.8 Å². The number of hydrogen-bond donors (Lipinski definition) is 1. The third kappa shape index (κ3) is 1.66. The second-order valence-corrected chi connectivity index (χ2v) is 2.94. The predicted molar refractivity (Wildman–Crippen MR) is 50.5 cm³/mol. The van der Waals surface area contributed by atoms with E-state index in [1.807, 2.05) is 0 Å². The van der Waals surface area contributed by atoms with Crippen LogP contribution < -0.4 is 5.56 Å². The fourth-order valence-electron chi connectivity index (χ4n) is 1.31. The molecule has 1 N–H and O–H groups in total. The number of H-pyrrole nitrogens is 1. The van der Waals surface area contributed by atoms with Crippen LogP contribution in [0, 0.1) is 0 Å². The fourth-order valence-corrected chi connectivity index (χ4v) is 1.31. The normalized spacial score (nSPS) is 10.1. The first kappa shape index (κ1) is 10.4. The van der Waals surface area contributed by atoms with Crippen LogP contribution in [0.15, 0.2) is 4.79 Å². The molecule has 0 saturated heterocycles. The van der Waals surface area contributed by atoms with Crippen molar-refractivity contribution in [3.8, 4) is 0 Å². The zero-order chi connectivity index (χ0) is 10.7. The highest BCUT2D eigenvalue weighted by atomic mass is 16.1. The van der Waals surface area contributed by atoms with E-state index in [-0.39, 0.29) is 29.0 Å². The first-order valence-electron chi connectivity index (χ1n) is 4.38. The number of hydrogen-bond acceptors (Lipinski definition) is 3. The van der Waals surface area contributed by atoms with Crippen molar-refractivity contribution >= 4 is 12.1 Å². The molecule has 5 heteroatoms. The average Bonchev–Trinajstić information content (AvgIpc) is 2.45. The summed E-state index contributed by atoms with van der Waals surface area (Å²) in [6.07, 6.45) is 0.605. The Morgan fingerprint density at radius 2 is 2.21 bits per heavy atom. The number of nitrogens with zero attached hydrogens (tertiary/aromatic N) is 1. The van der Waals surface area contributed by atoms with Gasteiger partial charge in [-0.05, 0) is 6.92 Å². The van der Waals surface area contributed by atoms with Crippen LogP contribution in [0.2, 0.25) is 0 Å². The van der Waals surface area contributed by atoms with Gasteiger partial charge >= 0.3 is 0 Å². The van der Waals surface area contributed by atoms with Crippen molar-refractivity contribution < 1.29 is 9.59 Å². The van der Waals surface area contributed by atoms with Gasteiger partial charge in [0.1, 0.15) is 12.0 Å². The van der Waals surface area contributed by atoms with Gasteiger partial charge < -0.3 is 4.79 Å². The second-order valence-electron chi connectivity index (χ2n) is 2.94. The molecule has 0 bridgehead atoms. The van der Waals surface area contributed by atoms with Crippen molar-refractivity contribution in [1.29, 1.82) is 0 Å². The molecule has 0 spiro atoms. The highest BCUT2D eigenvalue weighted by Gasteiger charge is 2.15. The smallest absolute Gasteiger partial charge is 0.270 e. The number of Topliss-reactive ketones (excluding diaryl/α,β-unsaturated/α-hetero) is 1. The van der Waals surface area contributed by atoms with Crippen LogP contribution in [0.25, 0.3) is 0 Å². The van der Waals surface area contributed by atoms with E-state index in [1.54, 1.807) is 6.92 Å². The molecular formula is C9H12N2O3. The van der Waals surface area contributed by atoms with Crippen molar-refractivity contribution in [3.05, 3.63) is 21.6 Å². The first-order valence-corrected chi connectivity index (χ1v) is 4.38. The van der Waals surface area contributed by atoms with Crippen molar-refractivity contribution in [2.45, 2.75) is 26.8 Å². The van der Waals surface area contributed by atoms with Crippen LogP contribution >= 0.6 is 0 Å². The topological polar surface area (TPSA) is 71.9 Å². The van der Waals surface area contributed by atoms with Crippen molar-refractivity contribution in [1.82, 2.24) is 9.78 Å². The van der Waals surface area contributed by atoms with Crippen LogP contribution in [0.1, 0.15) is 29.9 Å². The summed E-state index contributed by atoms with van der Waals surface area (Å²) >= 11 is 0. The molecule has 1 rings (SSSR count). The molecule has 0 aliphatic heterocycles. The SMILES string of the molecule is CCn1[nH]c(C(C)=O)c(CC=O)c1=O. The van der Waals surface area contributed by atoms with Gasteiger partial charge in [0.25, 0.3) is 5.56 Å². The van der Waals surface area contributed by atoms with Gasteiger partial charge in [-0.15, -0.1) is 0 Å². The van der Waals surface area contributed by atoms with Gasteiger partial charge in [0.05, 0.1) is 5.56 Å².